The van der Waals surface area contributed by atoms with Gasteiger partial charge in [0.2, 0.25) is 0 Å². The van der Waals surface area contributed by atoms with Crippen LogP contribution in [0.25, 0.3) is 0 Å². The molecule has 1 N–H and O–H groups in total. The number of hydrogen-bond acceptors (Lipinski definition) is 1. The lowest BCUT2D eigenvalue weighted by atomic mass is 10.1. The minimum atomic E-state index is -1.20. The summed E-state index contributed by atoms with van der Waals surface area (Å²) < 4.78 is 13.3. The molecule has 1 saturated heterocycles. The number of carbonyl (C=O) groups is 1. The SMILES string of the molecule is CC(C)NC(=O)N1CCC(C)(F)C1. The molecule has 0 aliphatic carbocycles. The van der Waals surface area contributed by atoms with Crippen LogP contribution in [0.3, 0.4) is 0 Å². The molecule has 1 unspecified atom stereocenters. The average molecular weight is 188 g/mol. The van der Waals surface area contributed by atoms with E-state index in [0.29, 0.717) is 13.0 Å². The number of rotatable bonds is 1. The summed E-state index contributed by atoms with van der Waals surface area (Å²) in [4.78, 5) is 12.9. The van der Waals surface area contributed by atoms with Gasteiger partial charge in [0, 0.05) is 19.0 Å². The third kappa shape index (κ3) is 2.86. The summed E-state index contributed by atoms with van der Waals surface area (Å²) in [5.74, 6) is 0. The largest absolute Gasteiger partial charge is 0.336 e. The van der Waals surface area contributed by atoms with Gasteiger partial charge in [0.25, 0.3) is 0 Å². The van der Waals surface area contributed by atoms with E-state index < -0.39 is 5.67 Å². The number of carbonyl (C=O) groups excluding carboxylic acids is 1. The zero-order chi connectivity index (χ0) is 10.1. The zero-order valence-electron chi connectivity index (χ0n) is 8.43. The van der Waals surface area contributed by atoms with Gasteiger partial charge in [-0.1, -0.05) is 0 Å². The van der Waals surface area contributed by atoms with Crippen LogP contribution in [0, 0.1) is 0 Å². The summed E-state index contributed by atoms with van der Waals surface area (Å²) in [6.07, 6.45) is 0.443. The van der Waals surface area contributed by atoms with Gasteiger partial charge in [0.05, 0.1) is 6.54 Å². The van der Waals surface area contributed by atoms with Gasteiger partial charge in [0.15, 0.2) is 0 Å². The van der Waals surface area contributed by atoms with Gasteiger partial charge in [-0.05, 0) is 20.8 Å². The lowest BCUT2D eigenvalue weighted by molar-refractivity contribution is 0.177. The number of nitrogens with one attached hydrogen (secondary N) is 1. The number of hydrogen-bond donors (Lipinski definition) is 1. The second-order valence-electron chi connectivity index (χ2n) is 4.19. The molecule has 0 bridgehead atoms. The van der Waals surface area contributed by atoms with Gasteiger partial charge >= 0.3 is 6.03 Å². The van der Waals surface area contributed by atoms with Gasteiger partial charge < -0.3 is 10.2 Å². The first kappa shape index (κ1) is 10.3. The summed E-state index contributed by atoms with van der Waals surface area (Å²) in [5, 5.41) is 2.74. The summed E-state index contributed by atoms with van der Waals surface area (Å²) in [6, 6.07) is -0.0460. The van der Waals surface area contributed by atoms with Crippen molar-refractivity contribution >= 4 is 6.03 Å². The van der Waals surface area contributed by atoms with Crippen LogP contribution in [0.2, 0.25) is 0 Å². The lowest BCUT2D eigenvalue weighted by Gasteiger charge is -2.19. The van der Waals surface area contributed by atoms with Crippen LogP contribution in [-0.2, 0) is 0 Å². The molecule has 1 rings (SSSR count). The van der Waals surface area contributed by atoms with E-state index in [2.05, 4.69) is 5.32 Å². The van der Waals surface area contributed by atoms with E-state index in [1.54, 1.807) is 0 Å². The molecule has 1 aliphatic rings. The Morgan fingerprint density at radius 1 is 1.62 bits per heavy atom. The molecule has 0 aromatic carbocycles. The zero-order valence-corrected chi connectivity index (χ0v) is 8.43. The van der Waals surface area contributed by atoms with Crippen molar-refractivity contribution in [2.45, 2.75) is 38.9 Å². The van der Waals surface area contributed by atoms with E-state index in [1.165, 1.54) is 11.8 Å². The maximum atomic E-state index is 13.3. The minimum absolute atomic E-state index is 0.110. The van der Waals surface area contributed by atoms with Gasteiger partial charge in [-0.25, -0.2) is 9.18 Å². The molecule has 0 spiro atoms. The molecule has 2 amide bonds. The van der Waals surface area contributed by atoms with Crippen molar-refractivity contribution in [1.82, 2.24) is 10.2 Å². The van der Waals surface area contributed by atoms with Crippen molar-refractivity contribution in [2.24, 2.45) is 0 Å². The predicted molar refractivity (Wildman–Crippen MR) is 49.4 cm³/mol. The van der Waals surface area contributed by atoms with Gasteiger partial charge in [0.1, 0.15) is 5.67 Å². The molecule has 13 heavy (non-hydrogen) atoms. The maximum Gasteiger partial charge on any atom is 0.317 e. The normalized spacial score (nSPS) is 28.2. The second-order valence-corrected chi connectivity index (χ2v) is 4.19. The molecule has 1 heterocycles. The van der Waals surface area contributed by atoms with Crippen molar-refractivity contribution in [3.63, 3.8) is 0 Å². The Bertz CT molecular complexity index is 204. The Morgan fingerprint density at radius 2 is 2.23 bits per heavy atom. The first-order valence-electron chi connectivity index (χ1n) is 4.65. The quantitative estimate of drug-likeness (QED) is 0.665. The highest BCUT2D eigenvalue weighted by atomic mass is 19.1. The van der Waals surface area contributed by atoms with Crippen LogP contribution in [0.4, 0.5) is 9.18 Å². The summed E-state index contributed by atoms with van der Waals surface area (Å²) in [5.41, 5.74) is -1.20. The van der Waals surface area contributed by atoms with Crippen LogP contribution >= 0.6 is 0 Å². The van der Waals surface area contributed by atoms with Gasteiger partial charge in [-0.2, -0.15) is 0 Å². The van der Waals surface area contributed by atoms with E-state index >= 15 is 0 Å². The van der Waals surface area contributed by atoms with E-state index in [4.69, 9.17) is 0 Å². The summed E-state index contributed by atoms with van der Waals surface area (Å²) in [7, 11) is 0. The fourth-order valence-corrected chi connectivity index (χ4v) is 1.44. The molecule has 0 radical (unpaired) electrons. The first-order chi connectivity index (χ1) is 5.91. The van der Waals surface area contributed by atoms with Crippen molar-refractivity contribution < 1.29 is 9.18 Å². The third-order valence-electron chi connectivity index (χ3n) is 2.12. The molecule has 3 nitrogen and oxygen atoms in total. The number of nitrogens with zero attached hydrogens (tertiary/aromatic N) is 1. The molecule has 1 fully saturated rings. The Hall–Kier alpha value is -0.800. The number of amides is 2. The van der Waals surface area contributed by atoms with Crippen LogP contribution in [0.15, 0.2) is 0 Å². The van der Waals surface area contributed by atoms with Gasteiger partial charge in [-0.15, -0.1) is 0 Å². The minimum Gasteiger partial charge on any atom is -0.336 e. The number of alkyl halides is 1. The molecule has 1 aliphatic heterocycles. The molecule has 0 aromatic rings. The summed E-state index contributed by atoms with van der Waals surface area (Å²) in [6.45, 7) is 6.05. The highest BCUT2D eigenvalue weighted by molar-refractivity contribution is 5.74. The highest BCUT2D eigenvalue weighted by Crippen LogP contribution is 2.24. The Kier molecular flexibility index (Phi) is 2.78. The second kappa shape index (κ2) is 3.52. The molecule has 4 heteroatoms. The summed E-state index contributed by atoms with van der Waals surface area (Å²) >= 11 is 0. The van der Waals surface area contributed by atoms with Crippen molar-refractivity contribution in [3.05, 3.63) is 0 Å². The van der Waals surface area contributed by atoms with E-state index in [9.17, 15) is 9.18 Å². The Labute approximate surface area is 78.3 Å². The molecular formula is C9H17FN2O. The number of halogens is 1. The van der Waals surface area contributed by atoms with Crippen LogP contribution in [0.5, 0.6) is 0 Å². The Morgan fingerprint density at radius 3 is 2.62 bits per heavy atom. The van der Waals surface area contributed by atoms with Crippen molar-refractivity contribution in [2.75, 3.05) is 13.1 Å². The van der Waals surface area contributed by atoms with Crippen molar-refractivity contribution in [3.8, 4) is 0 Å². The molecule has 76 valence electrons. The van der Waals surface area contributed by atoms with E-state index in [1.807, 2.05) is 13.8 Å². The average Bonchev–Trinajstić information content (AvgIpc) is 2.28. The van der Waals surface area contributed by atoms with E-state index in [0.717, 1.165) is 0 Å². The standard InChI is InChI=1S/C9H17FN2O/c1-7(2)11-8(13)12-5-4-9(3,10)6-12/h7H,4-6H2,1-3H3,(H,11,13). The smallest absolute Gasteiger partial charge is 0.317 e. The maximum absolute atomic E-state index is 13.3. The molecule has 0 saturated carbocycles. The first-order valence-corrected chi connectivity index (χ1v) is 4.65. The monoisotopic (exact) mass is 188 g/mol. The number of urea groups is 1. The third-order valence-corrected chi connectivity index (χ3v) is 2.12. The molecule has 0 aromatic heterocycles. The fourth-order valence-electron chi connectivity index (χ4n) is 1.44. The predicted octanol–water partition coefficient (Wildman–Crippen LogP) is 1.54. The topological polar surface area (TPSA) is 32.3 Å². The van der Waals surface area contributed by atoms with Gasteiger partial charge in [-0.3, -0.25) is 0 Å². The highest BCUT2D eigenvalue weighted by Gasteiger charge is 2.35. The van der Waals surface area contributed by atoms with Crippen LogP contribution in [0.1, 0.15) is 27.2 Å². The molecule has 1 atom stereocenters. The Balaban J connectivity index is 2.42. The number of likely N-dealkylation sites (tertiary alicyclic amines) is 1. The lowest BCUT2D eigenvalue weighted by Crippen LogP contribution is -2.42. The van der Waals surface area contributed by atoms with Crippen LogP contribution < -0.4 is 5.32 Å². The van der Waals surface area contributed by atoms with Crippen molar-refractivity contribution in [1.29, 1.82) is 0 Å². The molecular weight excluding hydrogens is 171 g/mol. The fraction of sp³-hybridized carbons (Fsp3) is 0.889. The van der Waals surface area contributed by atoms with Crippen LogP contribution in [-0.4, -0.2) is 35.7 Å². The van der Waals surface area contributed by atoms with E-state index in [-0.39, 0.29) is 18.6 Å².